The third-order valence-electron chi connectivity index (χ3n) is 2.14. The molecule has 0 saturated heterocycles. The monoisotopic (exact) mass is 226 g/mol. The van der Waals surface area contributed by atoms with E-state index in [9.17, 15) is 0 Å². The van der Waals surface area contributed by atoms with E-state index >= 15 is 0 Å². The fourth-order valence-electron chi connectivity index (χ4n) is 1.33. The SMILES string of the molecule is C[C@H](CCCBr)c1ccccc1. The van der Waals surface area contributed by atoms with Gasteiger partial charge < -0.3 is 0 Å². The highest BCUT2D eigenvalue weighted by molar-refractivity contribution is 9.09. The zero-order valence-corrected chi connectivity index (χ0v) is 9.05. The highest BCUT2D eigenvalue weighted by atomic mass is 79.9. The summed E-state index contributed by atoms with van der Waals surface area (Å²) in [5.74, 6) is 0.698. The Morgan fingerprint density at radius 2 is 1.92 bits per heavy atom. The van der Waals surface area contributed by atoms with E-state index < -0.39 is 0 Å². The van der Waals surface area contributed by atoms with Crippen molar-refractivity contribution in [3.8, 4) is 0 Å². The number of hydrogen-bond donors (Lipinski definition) is 0. The van der Waals surface area contributed by atoms with Gasteiger partial charge in [-0.3, -0.25) is 0 Å². The first kappa shape index (κ1) is 9.79. The third kappa shape index (κ3) is 2.98. The summed E-state index contributed by atoms with van der Waals surface area (Å²) in [5, 5.41) is 1.12. The van der Waals surface area contributed by atoms with Crippen LogP contribution >= 0.6 is 15.9 Å². The smallest absolute Gasteiger partial charge is 0.00315 e. The second kappa shape index (κ2) is 5.36. The first-order chi connectivity index (χ1) is 5.84. The molecule has 0 N–H and O–H groups in total. The summed E-state index contributed by atoms with van der Waals surface area (Å²) in [7, 11) is 0. The van der Waals surface area contributed by atoms with Crippen molar-refractivity contribution in [1.29, 1.82) is 0 Å². The molecular formula is C11H15Br. The highest BCUT2D eigenvalue weighted by Gasteiger charge is 2.02. The number of halogens is 1. The van der Waals surface area contributed by atoms with Gasteiger partial charge in [-0.05, 0) is 24.3 Å². The fraction of sp³-hybridized carbons (Fsp3) is 0.455. The molecule has 0 amide bonds. The molecule has 0 radical (unpaired) electrons. The molecule has 0 aromatic heterocycles. The van der Waals surface area contributed by atoms with Gasteiger partial charge in [0, 0.05) is 5.33 Å². The number of hydrogen-bond acceptors (Lipinski definition) is 0. The lowest BCUT2D eigenvalue weighted by atomic mass is 9.97. The van der Waals surface area contributed by atoms with E-state index in [0.29, 0.717) is 5.92 Å². The maximum Gasteiger partial charge on any atom is 0.00315 e. The van der Waals surface area contributed by atoms with Gasteiger partial charge in [0.2, 0.25) is 0 Å². The van der Waals surface area contributed by atoms with E-state index in [-0.39, 0.29) is 0 Å². The van der Waals surface area contributed by atoms with Crippen molar-refractivity contribution in [2.24, 2.45) is 0 Å². The molecule has 1 rings (SSSR count). The molecular weight excluding hydrogens is 212 g/mol. The van der Waals surface area contributed by atoms with Gasteiger partial charge in [0.15, 0.2) is 0 Å². The van der Waals surface area contributed by atoms with Crippen molar-refractivity contribution in [3.63, 3.8) is 0 Å². The summed E-state index contributed by atoms with van der Waals surface area (Å²) in [6.45, 7) is 2.29. The predicted octanol–water partition coefficient (Wildman–Crippen LogP) is 3.97. The maximum atomic E-state index is 3.45. The average molecular weight is 227 g/mol. The maximum absolute atomic E-state index is 3.45. The lowest BCUT2D eigenvalue weighted by Gasteiger charge is -2.09. The molecule has 0 unspecified atom stereocenters. The van der Waals surface area contributed by atoms with Crippen LogP contribution in [0.1, 0.15) is 31.2 Å². The summed E-state index contributed by atoms with van der Waals surface area (Å²) >= 11 is 3.45. The Morgan fingerprint density at radius 1 is 1.25 bits per heavy atom. The van der Waals surface area contributed by atoms with Crippen LogP contribution in [-0.4, -0.2) is 5.33 Å². The average Bonchev–Trinajstić information content (AvgIpc) is 2.15. The lowest BCUT2D eigenvalue weighted by molar-refractivity contribution is 0.671. The van der Waals surface area contributed by atoms with Crippen molar-refractivity contribution >= 4 is 15.9 Å². The first-order valence-electron chi connectivity index (χ1n) is 4.45. The molecule has 0 aliphatic heterocycles. The molecule has 0 spiro atoms. The number of benzene rings is 1. The van der Waals surface area contributed by atoms with Crippen LogP contribution in [0.4, 0.5) is 0 Å². The molecule has 1 aromatic rings. The van der Waals surface area contributed by atoms with E-state index in [1.54, 1.807) is 0 Å². The summed E-state index contributed by atoms with van der Waals surface area (Å²) in [4.78, 5) is 0. The van der Waals surface area contributed by atoms with Crippen LogP contribution in [0.3, 0.4) is 0 Å². The topological polar surface area (TPSA) is 0 Å². The highest BCUT2D eigenvalue weighted by Crippen LogP contribution is 2.20. The molecule has 0 aliphatic carbocycles. The third-order valence-corrected chi connectivity index (χ3v) is 2.70. The zero-order valence-electron chi connectivity index (χ0n) is 7.46. The molecule has 66 valence electrons. The Hall–Kier alpha value is -0.300. The largest absolute Gasteiger partial charge is 0.0928 e. The van der Waals surface area contributed by atoms with Crippen molar-refractivity contribution in [3.05, 3.63) is 35.9 Å². The van der Waals surface area contributed by atoms with Gasteiger partial charge in [-0.2, -0.15) is 0 Å². The zero-order chi connectivity index (χ0) is 8.81. The molecule has 12 heavy (non-hydrogen) atoms. The summed E-state index contributed by atoms with van der Waals surface area (Å²) in [6, 6.07) is 10.7. The van der Waals surface area contributed by atoms with Crippen LogP contribution < -0.4 is 0 Å². The summed E-state index contributed by atoms with van der Waals surface area (Å²) < 4.78 is 0. The van der Waals surface area contributed by atoms with Crippen LogP contribution in [0.2, 0.25) is 0 Å². The second-order valence-electron chi connectivity index (χ2n) is 3.14. The van der Waals surface area contributed by atoms with Crippen molar-refractivity contribution in [1.82, 2.24) is 0 Å². The number of rotatable bonds is 4. The van der Waals surface area contributed by atoms with Gasteiger partial charge in [-0.25, -0.2) is 0 Å². The van der Waals surface area contributed by atoms with Gasteiger partial charge in [0.1, 0.15) is 0 Å². The quantitative estimate of drug-likeness (QED) is 0.683. The van der Waals surface area contributed by atoms with E-state index in [0.717, 1.165) is 5.33 Å². The first-order valence-corrected chi connectivity index (χ1v) is 5.57. The lowest BCUT2D eigenvalue weighted by Crippen LogP contribution is -1.93. The molecule has 0 fully saturated rings. The van der Waals surface area contributed by atoms with Crippen LogP contribution in [0.15, 0.2) is 30.3 Å². The Bertz CT molecular complexity index is 206. The van der Waals surface area contributed by atoms with Gasteiger partial charge in [0.25, 0.3) is 0 Å². The van der Waals surface area contributed by atoms with Gasteiger partial charge in [-0.1, -0.05) is 53.2 Å². The van der Waals surface area contributed by atoms with Gasteiger partial charge in [-0.15, -0.1) is 0 Å². The molecule has 0 aliphatic rings. The summed E-state index contributed by atoms with van der Waals surface area (Å²) in [5.41, 5.74) is 1.46. The Morgan fingerprint density at radius 3 is 2.50 bits per heavy atom. The standard InChI is InChI=1S/C11H15Br/c1-10(6-5-9-12)11-7-3-2-4-8-11/h2-4,7-8,10H,5-6,9H2,1H3/t10-/m1/s1. The van der Waals surface area contributed by atoms with Gasteiger partial charge in [0.05, 0.1) is 0 Å². The fourth-order valence-corrected chi connectivity index (χ4v) is 1.66. The van der Waals surface area contributed by atoms with E-state index in [2.05, 4.69) is 53.2 Å². The minimum absolute atomic E-state index is 0.698. The Balaban J connectivity index is 2.48. The molecule has 0 heterocycles. The van der Waals surface area contributed by atoms with E-state index in [1.807, 2.05) is 0 Å². The molecule has 0 saturated carbocycles. The molecule has 0 bridgehead atoms. The minimum atomic E-state index is 0.698. The Labute approximate surface area is 83.1 Å². The van der Waals surface area contributed by atoms with Crippen LogP contribution in [0.5, 0.6) is 0 Å². The minimum Gasteiger partial charge on any atom is -0.0928 e. The predicted molar refractivity (Wildman–Crippen MR) is 57.9 cm³/mol. The second-order valence-corrected chi connectivity index (χ2v) is 3.94. The van der Waals surface area contributed by atoms with Crippen molar-refractivity contribution in [2.45, 2.75) is 25.7 Å². The molecule has 1 atom stereocenters. The van der Waals surface area contributed by atoms with Crippen LogP contribution in [0, 0.1) is 0 Å². The van der Waals surface area contributed by atoms with Gasteiger partial charge >= 0.3 is 0 Å². The number of alkyl halides is 1. The van der Waals surface area contributed by atoms with E-state index in [4.69, 9.17) is 0 Å². The Kier molecular flexibility index (Phi) is 4.37. The molecule has 1 aromatic carbocycles. The molecule has 1 heteroatoms. The van der Waals surface area contributed by atoms with Crippen molar-refractivity contribution < 1.29 is 0 Å². The summed E-state index contributed by atoms with van der Waals surface area (Å²) in [6.07, 6.45) is 2.53. The van der Waals surface area contributed by atoms with E-state index in [1.165, 1.54) is 18.4 Å². The van der Waals surface area contributed by atoms with Crippen molar-refractivity contribution in [2.75, 3.05) is 5.33 Å². The normalized spacial score (nSPS) is 12.8. The molecule has 0 nitrogen and oxygen atoms in total. The van der Waals surface area contributed by atoms with Crippen LogP contribution in [-0.2, 0) is 0 Å². The van der Waals surface area contributed by atoms with Crippen LogP contribution in [0.25, 0.3) is 0 Å².